The zero-order valence-electron chi connectivity index (χ0n) is 12.0. The summed E-state index contributed by atoms with van der Waals surface area (Å²) in [5, 5.41) is 4.06. The summed E-state index contributed by atoms with van der Waals surface area (Å²) in [4.78, 5) is 4.48. The minimum absolute atomic E-state index is 0.465. The van der Waals surface area contributed by atoms with Gasteiger partial charge < -0.3 is 19.7 Å². The topological polar surface area (TPSA) is 83.4 Å². The van der Waals surface area contributed by atoms with Crippen LogP contribution in [0.4, 0.5) is 0 Å². The second-order valence-electron chi connectivity index (χ2n) is 5.12. The Bertz CT molecular complexity index is 606. The number of ether oxygens (including phenoxy) is 2. The highest BCUT2D eigenvalue weighted by molar-refractivity contribution is 5.63. The molecule has 1 aliphatic rings. The summed E-state index contributed by atoms with van der Waals surface area (Å²) in [5.41, 5.74) is 6.58. The lowest BCUT2D eigenvalue weighted by Crippen LogP contribution is -2.42. The summed E-state index contributed by atoms with van der Waals surface area (Å²) in [6.07, 6.45) is 1.36. The summed E-state index contributed by atoms with van der Waals surface area (Å²) in [6, 6.07) is 7.63. The molecule has 0 aliphatic carbocycles. The average molecular weight is 289 g/mol. The molecule has 1 aliphatic heterocycles. The highest BCUT2D eigenvalue weighted by Gasteiger charge is 2.36. The second-order valence-corrected chi connectivity index (χ2v) is 5.12. The van der Waals surface area contributed by atoms with Gasteiger partial charge in [-0.15, -0.1) is 0 Å². The van der Waals surface area contributed by atoms with E-state index in [0.717, 1.165) is 11.3 Å². The third-order valence-corrected chi connectivity index (χ3v) is 3.66. The fraction of sp³-hybridized carbons (Fsp3) is 0.467. The SMILES string of the molecule is CCOc1ccccc1-c1noc(C2(N)CCOCC2)n1. The lowest BCUT2D eigenvalue weighted by molar-refractivity contribution is 0.0400. The van der Waals surface area contributed by atoms with Crippen LogP contribution in [0.15, 0.2) is 28.8 Å². The summed E-state index contributed by atoms with van der Waals surface area (Å²) in [6.45, 7) is 3.75. The molecule has 0 unspecified atom stereocenters. The smallest absolute Gasteiger partial charge is 0.247 e. The fourth-order valence-corrected chi connectivity index (χ4v) is 2.42. The van der Waals surface area contributed by atoms with Gasteiger partial charge in [-0.3, -0.25) is 0 Å². The molecule has 6 nitrogen and oxygen atoms in total. The molecular weight excluding hydrogens is 270 g/mol. The predicted octanol–water partition coefficient (Wildman–Crippen LogP) is 2.10. The molecule has 0 atom stereocenters. The molecule has 0 bridgehead atoms. The molecule has 3 rings (SSSR count). The standard InChI is InChI=1S/C15H19N3O3/c1-2-20-12-6-4-3-5-11(12)13-17-14(21-18-13)15(16)7-9-19-10-8-15/h3-6H,2,7-10,16H2,1H3. The first-order valence-electron chi connectivity index (χ1n) is 7.16. The Balaban J connectivity index is 1.91. The molecule has 0 saturated carbocycles. The number of aromatic nitrogens is 2. The molecule has 2 aromatic rings. The number of nitrogens with two attached hydrogens (primary N) is 1. The molecule has 1 fully saturated rings. The van der Waals surface area contributed by atoms with Gasteiger partial charge in [-0.05, 0) is 31.9 Å². The first kappa shape index (κ1) is 14.0. The third kappa shape index (κ3) is 2.77. The molecule has 1 aromatic heterocycles. The first-order valence-corrected chi connectivity index (χ1v) is 7.16. The summed E-state index contributed by atoms with van der Waals surface area (Å²) >= 11 is 0. The monoisotopic (exact) mass is 289 g/mol. The van der Waals surface area contributed by atoms with Crippen LogP contribution >= 0.6 is 0 Å². The van der Waals surface area contributed by atoms with E-state index >= 15 is 0 Å². The van der Waals surface area contributed by atoms with Crippen LogP contribution in [0.2, 0.25) is 0 Å². The van der Waals surface area contributed by atoms with Gasteiger partial charge in [0.05, 0.1) is 12.2 Å². The molecule has 112 valence electrons. The van der Waals surface area contributed by atoms with Crippen LogP contribution in [0.5, 0.6) is 5.75 Å². The van der Waals surface area contributed by atoms with Crippen LogP contribution in [0.25, 0.3) is 11.4 Å². The average Bonchev–Trinajstić information content (AvgIpc) is 2.99. The van der Waals surface area contributed by atoms with Gasteiger partial charge in [-0.25, -0.2) is 0 Å². The molecule has 2 N–H and O–H groups in total. The van der Waals surface area contributed by atoms with E-state index < -0.39 is 5.54 Å². The number of hydrogen-bond donors (Lipinski definition) is 1. The number of benzene rings is 1. The maximum absolute atomic E-state index is 6.36. The van der Waals surface area contributed by atoms with Crippen molar-refractivity contribution in [2.24, 2.45) is 5.73 Å². The van der Waals surface area contributed by atoms with Crippen LogP contribution in [-0.4, -0.2) is 30.0 Å². The molecule has 2 heterocycles. The maximum Gasteiger partial charge on any atom is 0.247 e. The van der Waals surface area contributed by atoms with Crippen LogP contribution < -0.4 is 10.5 Å². The van der Waals surface area contributed by atoms with Gasteiger partial charge in [0.2, 0.25) is 11.7 Å². The van der Waals surface area contributed by atoms with E-state index in [0.29, 0.717) is 44.4 Å². The second kappa shape index (κ2) is 5.83. The van der Waals surface area contributed by atoms with Gasteiger partial charge in [0.15, 0.2) is 0 Å². The zero-order chi connectivity index (χ0) is 14.7. The van der Waals surface area contributed by atoms with Gasteiger partial charge in [0, 0.05) is 13.2 Å². The van der Waals surface area contributed by atoms with Gasteiger partial charge in [-0.2, -0.15) is 4.98 Å². The van der Waals surface area contributed by atoms with Gasteiger partial charge in [0.1, 0.15) is 11.3 Å². The Hall–Kier alpha value is -1.92. The number of para-hydroxylation sites is 1. The Kier molecular flexibility index (Phi) is 3.90. The van der Waals surface area contributed by atoms with E-state index in [-0.39, 0.29) is 0 Å². The largest absolute Gasteiger partial charge is 0.493 e. The molecule has 0 radical (unpaired) electrons. The van der Waals surface area contributed by atoms with Crippen molar-refractivity contribution in [2.75, 3.05) is 19.8 Å². The summed E-state index contributed by atoms with van der Waals surface area (Å²) in [7, 11) is 0. The molecule has 6 heteroatoms. The Morgan fingerprint density at radius 1 is 1.29 bits per heavy atom. The van der Waals surface area contributed by atoms with Crippen LogP contribution in [0, 0.1) is 0 Å². The zero-order valence-corrected chi connectivity index (χ0v) is 12.0. The van der Waals surface area contributed by atoms with Crippen LogP contribution in [0.3, 0.4) is 0 Å². The Labute approximate surface area is 123 Å². The quantitative estimate of drug-likeness (QED) is 0.928. The van der Waals surface area contributed by atoms with Gasteiger partial charge >= 0.3 is 0 Å². The predicted molar refractivity (Wildman–Crippen MR) is 76.8 cm³/mol. The van der Waals surface area contributed by atoms with E-state index in [9.17, 15) is 0 Å². The van der Waals surface area contributed by atoms with E-state index in [1.807, 2.05) is 31.2 Å². The number of rotatable bonds is 4. The molecule has 1 saturated heterocycles. The van der Waals surface area contributed by atoms with Gasteiger partial charge in [0.25, 0.3) is 0 Å². The van der Waals surface area contributed by atoms with Crippen molar-refractivity contribution in [3.63, 3.8) is 0 Å². The molecule has 21 heavy (non-hydrogen) atoms. The number of hydrogen-bond acceptors (Lipinski definition) is 6. The third-order valence-electron chi connectivity index (χ3n) is 3.66. The van der Waals surface area contributed by atoms with Crippen molar-refractivity contribution in [1.82, 2.24) is 10.1 Å². The highest BCUT2D eigenvalue weighted by atomic mass is 16.5. The summed E-state index contributed by atoms with van der Waals surface area (Å²) < 4.78 is 16.3. The normalized spacial score (nSPS) is 17.6. The van der Waals surface area contributed by atoms with Crippen molar-refractivity contribution in [2.45, 2.75) is 25.3 Å². The maximum atomic E-state index is 6.36. The first-order chi connectivity index (χ1) is 10.2. The Morgan fingerprint density at radius 3 is 2.81 bits per heavy atom. The number of nitrogens with zero attached hydrogens (tertiary/aromatic N) is 2. The van der Waals surface area contributed by atoms with Gasteiger partial charge in [-0.1, -0.05) is 17.3 Å². The van der Waals surface area contributed by atoms with Crippen molar-refractivity contribution in [3.8, 4) is 17.1 Å². The minimum atomic E-state index is -0.593. The van der Waals surface area contributed by atoms with E-state index in [1.165, 1.54) is 0 Å². The fourth-order valence-electron chi connectivity index (χ4n) is 2.42. The highest BCUT2D eigenvalue weighted by Crippen LogP contribution is 2.32. The van der Waals surface area contributed by atoms with Crippen LogP contribution in [-0.2, 0) is 10.3 Å². The van der Waals surface area contributed by atoms with Crippen molar-refractivity contribution in [3.05, 3.63) is 30.2 Å². The molecule has 0 amide bonds. The Morgan fingerprint density at radius 2 is 2.05 bits per heavy atom. The van der Waals surface area contributed by atoms with Crippen molar-refractivity contribution in [1.29, 1.82) is 0 Å². The lowest BCUT2D eigenvalue weighted by Gasteiger charge is -2.29. The molecule has 1 aromatic carbocycles. The van der Waals surface area contributed by atoms with Crippen molar-refractivity contribution < 1.29 is 14.0 Å². The van der Waals surface area contributed by atoms with E-state index in [4.69, 9.17) is 19.7 Å². The molecule has 0 spiro atoms. The molecular formula is C15H19N3O3. The van der Waals surface area contributed by atoms with Crippen LogP contribution in [0.1, 0.15) is 25.7 Å². The summed E-state index contributed by atoms with van der Waals surface area (Å²) in [5.74, 6) is 1.71. The van der Waals surface area contributed by atoms with Crippen molar-refractivity contribution >= 4 is 0 Å². The van der Waals surface area contributed by atoms with E-state index in [2.05, 4.69) is 10.1 Å². The van der Waals surface area contributed by atoms with E-state index in [1.54, 1.807) is 0 Å². The lowest BCUT2D eigenvalue weighted by atomic mass is 9.91. The minimum Gasteiger partial charge on any atom is -0.493 e.